The van der Waals surface area contributed by atoms with E-state index in [0.717, 1.165) is 16.7 Å². The van der Waals surface area contributed by atoms with Gasteiger partial charge in [-0.3, -0.25) is 0 Å². The highest BCUT2D eigenvalue weighted by Crippen LogP contribution is 2.32. The molecule has 0 amide bonds. The van der Waals surface area contributed by atoms with Gasteiger partial charge < -0.3 is 29.9 Å². The van der Waals surface area contributed by atoms with E-state index in [1.165, 1.54) is 0 Å². The Balaban J connectivity index is 2.24. The van der Waals surface area contributed by atoms with Crippen LogP contribution >= 0.6 is 0 Å². The Labute approximate surface area is 123 Å². The van der Waals surface area contributed by atoms with Crippen molar-refractivity contribution >= 4 is 0 Å². The van der Waals surface area contributed by atoms with Crippen molar-refractivity contribution in [2.24, 2.45) is 0 Å². The van der Waals surface area contributed by atoms with E-state index >= 15 is 0 Å². The molecule has 6 heteroatoms. The molecule has 118 valence electrons. The van der Waals surface area contributed by atoms with Crippen LogP contribution in [0.15, 0.2) is 18.2 Å². The molecular formula is C15H22O6. The normalized spacial score (nSPS) is 31.1. The highest BCUT2D eigenvalue weighted by Gasteiger charge is 2.42. The molecule has 2 rings (SSSR count). The molecule has 4 N–H and O–H groups in total. The summed E-state index contributed by atoms with van der Waals surface area (Å²) < 4.78 is 11.1. The van der Waals surface area contributed by atoms with E-state index in [0.29, 0.717) is 0 Å². The average molecular weight is 298 g/mol. The van der Waals surface area contributed by atoms with Crippen LogP contribution in [0.3, 0.4) is 0 Å². The SMILES string of the molecule is Cc1ccc(C2O[C@H]([C@H](O)CO)[C@H](O)[C@H](CO)O2)cc1C. The van der Waals surface area contributed by atoms with E-state index in [4.69, 9.17) is 14.6 Å². The van der Waals surface area contributed by atoms with Gasteiger partial charge in [-0.25, -0.2) is 0 Å². The first-order valence-corrected chi connectivity index (χ1v) is 6.93. The zero-order valence-electron chi connectivity index (χ0n) is 12.1. The summed E-state index contributed by atoms with van der Waals surface area (Å²) in [5.41, 5.74) is 2.92. The zero-order valence-corrected chi connectivity index (χ0v) is 12.1. The van der Waals surface area contributed by atoms with Gasteiger partial charge >= 0.3 is 0 Å². The Morgan fingerprint density at radius 3 is 2.43 bits per heavy atom. The van der Waals surface area contributed by atoms with Crippen LogP contribution in [-0.4, -0.2) is 58.1 Å². The number of benzene rings is 1. The molecule has 1 saturated heterocycles. The van der Waals surface area contributed by atoms with Gasteiger partial charge in [0.2, 0.25) is 0 Å². The average Bonchev–Trinajstić information content (AvgIpc) is 2.49. The fraction of sp³-hybridized carbons (Fsp3) is 0.600. The minimum Gasteiger partial charge on any atom is -0.394 e. The molecule has 1 unspecified atom stereocenters. The maximum absolute atomic E-state index is 10.0. The van der Waals surface area contributed by atoms with Crippen LogP contribution in [-0.2, 0) is 9.47 Å². The van der Waals surface area contributed by atoms with Crippen LogP contribution in [0.1, 0.15) is 23.0 Å². The minimum atomic E-state index is -1.24. The van der Waals surface area contributed by atoms with Crippen LogP contribution < -0.4 is 0 Å². The molecule has 0 saturated carbocycles. The number of aliphatic hydroxyl groups excluding tert-OH is 4. The monoisotopic (exact) mass is 298 g/mol. The summed E-state index contributed by atoms with van der Waals surface area (Å²) >= 11 is 0. The van der Waals surface area contributed by atoms with E-state index in [2.05, 4.69) is 0 Å². The lowest BCUT2D eigenvalue weighted by Gasteiger charge is -2.40. The zero-order chi connectivity index (χ0) is 15.6. The van der Waals surface area contributed by atoms with Gasteiger partial charge in [0.25, 0.3) is 0 Å². The van der Waals surface area contributed by atoms with Gasteiger partial charge in [-0.1, -0.05) is 18.2 Å². The number of aliphatic hydroxyl groups is 4. The first-order valence-electron chi connectivity index (χ1n) is 6.93. The van der Waals surface area contributed by atoms with E-state index in [-0.39, 0.29) is 0 Å². The Bertz CT molecular complexity index is 477. The van der Waals surface area contributed by atoms with Gasteiger partial charge in [-0.2, -0.15) is 0 Å². The van der Waals surface area contributed by atoms with E-state index in [1.807, 2.05) is 32.0 Å². The largest absolute Gasteiger partial charge is 0.394 e. The smallest absolute Gasteiger partial charge is 0.184 e. The molecule has 0 spiro atoms. The molecule has 5 atom stereocenters. The third kappa shape index (κ3) is 3.42. The van der Waals surface area contributed by atoms with Gasteiger partial charge in [0.15, 0.2) is 6.29 Å². The van der Waals surface area contributed by atoms with Crippen LogP contribution in [0.25, 0.3) is 0 Å². The minimum absolute atomic E-state index is 0.402. The molecule has 0 aliphatic carbocycles. The molecule has 1 aromatic carbocycles. The van der Waals surface area contributed by atoms with Crippen LogP contribution in [0.4, 0.5) is 0 Å². The summed E-state index contributed by atoms with van der Waals surface area (Å²) in [6, 6.07) is 5.66. The molecular weight excluding hydrogens is 276 g/mol. The quantitative estimate of drug-likeness (QED) is 0.614. The fourth-order valence-electron chi connectivity index (χ4n) is 2.35. The number of aryl methyl sites for hydroxylation is 2. The van der Waals surface area contributed by atoms with Gasteiger partial charge in [0.1, 0.15) is 24.4 Å². The molecule has 1 aliphatic heterocycles. The maximum Gasteiger partial charge on any atom is 0.184 e. The predicted molar refractivity (Wildman–Crippen MR) is 74.6 cm³/mol. The maximum atomic E-state index is 10.0. The summed E-state index contributed by atoms with van der Waals surface area (Å²) in [4.78, 5) is 0. The topological polar surface area (TPSA) is 99.4 Å². The number of rotatable bonds is 4. The van der Waals surface area contributed by atoms with Gasteiger partial charge in [-0.05, 0) is 25.0 Å². The summed E-state index contributed by atoms with van der Waals surface area (Å²) in [5, 5.41) is 38.1. The van der Waals surface area contributed by atoms with E-state index < -0.39 is 43.9 Å². The van der Waals surface area contributed by atoms with Crippen molar-refractivity contribution in [2.75, 3.05) is 13.2 Å². The first-order chi connectivity index (χ1) is 9.97. The van der Waals surface area contributed by atoms with Crippen molar-refractivity contribution in [3.63, 3.8) is 0 Å². The molecule has 0 bridgehead atoms. The van der Waals surface area contributed by atoms with Gasteiger partial charge in [0.05, 0.1) is 13.2 Å². The third-order valence-electron chi connectivity index (χ3n) is 3.85. The lowest BCUT2D eigenvalue weighted by molar-refractivity contribution is -0.310. The summed E-state index contributed by atoms with van der Waals surface area (Å²) in [6.07, 6.45) is -5.16. The Hall–Kier alpha value is -1.02. The second kappa shape index (κ2) is 6.83. The molecule has 0 aromatic heterocycles. The molecule has 0 radical (unpaired) electrons. The molecule has 6 nitrogen and oxygen atoms in total. The van der Waals surface area contributed by atoms with E-state index in [9.17, 15) is 15.3 Å². The number of hydrogen-bond donors (Lipinski definition) is 4. The lowest BCUT2D eigenvalue weighted by Crippen LogP contribution is -2.54. The third-order valence-corrected chi connectivity index (χ3v) is 3.85. The van der Waals surface area contributed by atoms with Gasteiger partial charge in [0, 0.05) is 5.56 Å². The standard InChI is InChI=1S/C15H22O6/c1-8-3-4-10(5-9(8)2)15-20-12(7-17)13(19)14(21-15)11(18)6-16/h3-5,11-19H,6-7H2,1-2H3/t11-,12+,13-,14-,15?/m1/s1. The highest BCUT2D eigenvalue weighted by molar-refractivity contribution is 5.30. The Morgan fingerprint density at radius 2 is 1.86 bits per heavy atom. The summed E-state index contributed by atoms with van der Waals surface area (Å²) in [7, 11) is 0. The van der Waals surface area contributed by atoms with Crippen LogP contribution in [0.5, 0.6) is 0 Å². The molecule has 21 heavy (non-hydrogen) atoms. The lowest BCUT2D eigenvalue weighted by atomic mass is 10.0. The summed E-state index contributed by atoms with van der Waals surface area (Å²) in [5.74, 6) is 0. The van der Waals surface area contributed by atoms with Crippen LogP contribution in [0.2, 0.25) is 0 Å². The second-order valence-electron chi connectivity index (χ2n) is 5.37. The fourth-order valence-corrected chi connectivity index (χ4v) is 2.35. The number of ether oxygens (including phenoxy) is 2. The molecule has 1 aliphatic rings. The van der Waals surface area contributed by atoms with Crippen molar-refractivity contribution < 1.29 is 29.9 Å². The van der Waals surface area contributed by atoms with Crippen molar-refractivity contribution in [3.05, 3.63) is 34.9 Å². The second-order valence-corrected chi connectivity index (χ2v) is 5.37. The molecule has 1 heterocycles. The first kappa shape index (κ1) is 16.4. The highest BCUT2D eigenvalue weighted by atomic mass is 16.7. The van der Waals surface area contributed by atoms with Crippen molar-refractivity contribution in [1.82, 2.24) is 0 Å². The van der Waals surface area contributed by atoms with Crippen molar-refractivity contribution in [1.29, 1.82) is 0 Å². The molecule has 1 fully saturated rings. The van der Waals surface area contributed by atoms with Crippen LogP contribution in [0, 0.1) is 13.8 Å². The summed E-state index contributed by atoms with van der Waals surface area (Å²) in [6.45, 7) is 3.00. The number of hydrogen-bond acceptors (Lipinski definition) is 6. The van der Waals surface area contributed by atoms with E-state index in [1.54, 1.807) is 0 Å². The molecule has 1 aromatic rings. The van der Waals surface area contributed by atoms with Crippen molar-refractivity contribution in [3.8, 4) is 0 Å². The Kier molecular flexibility index (Phi) is 5.32. The Morgan fingerprint density at radius 1 is 1.14 bits per heavy atom. The van der Waals surface area contributed by atoms with Crippen molar-refractivity contribution in [2.45, 2.75) is 44.6 Å². The van der Waals surface area contributed by atoms with Gasteiger partial charge in [-0.15, -0.1) is 0 Å². The predicted octanol–water partition coefficient (Wildman–Crippen LogP) is -0.208.